The van der Waals surface area contributed by atoms with E-state index in [0.717, 1.165) is 12.8 Å². The molecule has 1 atom stereocenters. The molecule has 1 unspecified atom stereocenters. The maximum absolute atomic E-state index is 14.0. The number of piperidine rings is 1. The standard InChI is InChI=1S/C26H23FN6O3/c1-2-6-21(34)32-14-5-7-16(15-32)23-22-24(25(28)29-30-26(22)35)33(31-23)17-10-12-18(13-11-17)36-20-9-4-3-8-19(20)27/h3-4,8-13,16H,5,7,14-15H2,1H3,(H2,28,29)(H,30,35). The molecule has 0 saturated carbocycles. The fraction of sp³-hybridized carbons (Fsp3) is 0.231. The lowest BCUT2D eigenvalue weighted by atomic mass is 9.93. The van der Waals surface area contributed by atoms with Gasteiger partial charge in [0.2, 0.25) is 0 Å². The van der Waals surface area contributed by atoms with Crippen molar-refractivity contribution in [2.45, 2.75) is 25.7 Å². The van der Waals surface area contributed by atoms with E-state index in [0.29, 0.717) is 41.1 Å². The molecule has 0 bridgehead atoms. The van der Waals surface area contributed by atoms with Gasteiger partial charge in [0.05, 0.1) is 16.8 Å². The Hall–Kier alpha value is -4.65. The van der Waals surface area contributed by atoms with Gasteiger partial charge < -0.3 is 15.4 Å². The van der Waals surface area contributed by atoms with Gasteiger partial charge in [-0.15, -0.1) is 0 Å². The van der Waals surface area contributed by atoms with Gasteiger partial charge in [-0.05, 0) is 62.1 Å². The highest BCUT2D eigenvalue weighted by atomic mass is 19.1. The van der Waals surface area contributed by atoms with Gasteiger partial charge in [0.15, 0.2) is 17.4 Å². The van der Waals surface area contributed by atoms with E-state index in [-0.39, 0.29) is 23.4 Å². The Kier molecular flexibility index (Phi) is 6.12. The number of nitrogens with zero attached hydrogens (tertiary/aromatic N) is 4. The van der Waals surface area contributed by atoms with E-state index < -0.39 is 11.4 Å². The van der Waals surface area contributed by atoms with Gasteiger partial charge in [0.1, 0.15) is 11.3 Å². The van der Waals surface area contributed by atoms with Gasteiger partial charge in [-0.25, -0.2) is 14.2 Å². The number of aromatic amines is 1. The first-order valence-corrected chi connectivity index (χ1v) is 11.5. The molecule has 2 aromatic carbocycles. The van der Waals surface area contributed by atoms with Crippen molar-refractivity contribution in [3.63, 3.8) is 0 Å². The number of rotatable bonds is 4. The molecule has 9 nitrogen and oxygen atoms in total. The number of likely N-dealkylation sites (tertiary alicyclic amines) is 1. The number of para-hydroxylation sites is 1. The van der Waals surface area contributed by atoms with Gasteiger partial charge in [0, 0.05) is 19.0 Å². The third kappa shape index (κ3) is 4.27. The lowest BCUT2D eigenvalue weighted by molar-refractivity contribution is -0.126. The first-order chi connectivity index (χ1) is 17.5. The number of nitrogen functional groups attached to an aromatic ring is 1. The SMILES string of the molecule is CC#CC(=O)N1CCCC(c2nn(-c3ccc(Oc4ccccc4F)cc3)c3c(N)n[nH]c(=O)c23)C1. The van der Waals surface area contributed by atoms with Crippen molar-refractivity contribution >= 4 is 22.6 Å². The minimum Gasteiger partial charge on any atom is -0.454 e. The van der Waals surface area contributed by atoms with Gasteiger partial charge in [-0.3, -0.25) is 9.59 Å². The molecule has 3 heterocycles. The highest BCUT2D eigenvalue weighted by Gasteiger charge is 2.30. The number of hydrogen-bond acceptors (Lipinski definition) is 6. The topological polar surface area (TPSA) is 119 Å². The second-order valence-electron chi connectivity index (χ2n) is 8.45. The average molecular weight is 487 g/mol. The second kappa shape index (κ2) is 9.54. The van der Waals surface area contributed by atoms with Crippen LogP contribution in [0.1, 0.15) is 31.4 Å². The van der Waals surface area contributed by atoms with Crippen molar-refractivity contribution < 1.29 is 13.9 Å². The van der Waals surface area contributed by atoms with Gasteiger partial charge in [0.25, 0.3) is 11.5 Å². The van der Waals surface area contributed by atoms with Crippen LogP contribution >= 0.6 is 0 Å². The maximum Gasteiger partial charge on any atom is 0.298 e. The Morgan fingerprint density at radius 2 is 2.00 bits per heavy atom. The van der Waals surface area contributed by atoms with E-state index in [1.807, 2.05) is 0 Å². The number of nitrogens with one attached hydrogen (secondary N) is 1. The molecule has 4 aromatic rings. The Labute approximate surface area is 205 Å². The predicted molar refractivity (Wildman–Crippen MR) is 132 cm³/mol. The number of ether oxygens (including phenoxy) is 1. The summed E-state index contributed by atoms with van der Waals surface area (Å²) in [7, 11) is 0. The summed E-state index contributed by atoms with van der Waals surface area (Å²) in [4.78, 5) is 26.9. The van der Waals surface area contributed by atoms with Crippen LogP contribution in [0.15, 0.2) is 53.3 Å². The summed E-state index contributed by atoms with van der Waals surface area (Å²) in [6, 6.07) is 13.0. The van der Waals surface area contributed by atoms with Crippen molar-refractivity contribution in [3.8, 4) is 29.0 Å². The van der Waals surface area contributed by atoms with Gasteiger partial charge in [-0.2, -0.15) is 10.2 Å². The summed E-state index contributed by atoms with van der Waals surface area (Å²) in [5, 5.41) is 11.5. The third-order valence-corrected chi connectivity index (χ3v) is 6.13. The Bertz CT molecular complexity index is 1560. The zero-order valence-electron chi connectivity index (χ0n) is 19.5. The van der Waals surface area contributed by atoms with Crippen molar-refractivity contribution in [2.24, 2.45) is 0 Å². The number of aromatic nitrogens is 4. The zero-order valence-corrected chi connectivity index (χ0v) is 19.5. The molecule has 1 aliphatic rings. The van der Waals surface area contributed by atoms with Crippen molar-refractivity contribution in [1.29, 1.82) is 0 Å². The Morgan fingerprint density at radius 1 is 1.22 bits per heavy atom. The van der Waals surface area contributed by atoms with Crippen LogP contribution in [0.5, 0.6) is 11.5 Å². The van der Waals surface area contributed by atoms with Crippen LogP contribution in [0.25, 0.3) is 16.6 Å². The predicted octanol–water partition coefficient (Wildman–Crippen LogP) is 3.35. The minimum absolute atomic E-state index is 0.112. The van der Waals surface area contributed by atoms with Crippen LogP contribution < -0.4 is 16.0 Å². The van der Waals surface area contributed by atoms with Crippen LogP contribution in [-0.2, 0) is 4.79 Å². The summed E-state index contributed by atoms with van der Waals surface area (Å²) in [6.45, 7) is 2.62. The van der Waals surface area contributed by atoms with Crippen molar-refractivity contribution in [1.82, 2.24) is 24.9 Å². The number of anilines is 1. The van der Waals surface area contributed by atoms with Crippen LogP contribution in [-0.4, -0.2) is 43.9 Å². The molecule has 1 fully saturated rings. The molecular formula is C26H23FN6O3. The van der Waals surface area contributed by atoms with E-state index in [9.17, 15) is 14.0 Å². The normalized spacial score (nSPS) is 15.4. The summed E-state index contributed by atoms with van der Waals surface area (Å²) in [5.74, 6) is 5.01. The lowest BCUT2D eigenvalue weighted by Crippen LogP contribution is -2.38. The average Bonchev–Trinajstić information content (AvgIpc) is 3.30. The first kappa shape index (κ1) is 23.1. The van der Waals surface area contributed by atoms with Crippen LogP contribution in [0.3, 0.4) is 0 Å². The fourth-order valence-corrected chi connectivity index (χ4v) is 4.47. The van der Waals surface area contributed by atoms with Gasteiger partial charge in [-0.1, -0.05) is 18.1 Å². The second-order valence-corrected chi connectivity index (χ2v) is 8.45. The van der Waals surface area contributed by atoms with Gasteiger partial charge >= 0.3 is 0 Å². The van der Waals surface area contributed by atoms with Crippen molar-refractivity contribution in [2.75, 3.05) is 18.8 Å². The molecule has 2 aromatic heterocycles. The largest absolute Gasteiger partial charge is 0.454 e. The van der Waals surface area contributed by atoms with E-state index in [2.05, 4.69) is 22.0 Å². The van der Waals surface area contributed by atoms with Crippen molar-refractivity contribution in [3.05, 3.63) is 70.4 Å². The number of benzene rings is 2. The quantitative estimate of drug-likeness (QED) is 0.427. The van der Waals surface area contributed by atoms with E-state index >= 15 is 0 Å². The summed E-state index contributed by atoms with van der Waals surface area (Å²) in [6.07, 6.45) is 1.52. The maximum atomic E-state index is 14.0. The number of carbonyl (C=O) groups excluding carboxylic acids is 1. The molecule has 1 saturated heterocycles. The van der Waals surface area contributed by atoms with E-state index in [1.165, 1.54) is 6.07 Å². The van der Waals surface area contributed by atoms with Crippen LogP contribution in [0.2, 0.25) is 0 Å². The molecule has 0 spiro atoms. The molecule has 10 heteroatoms. The molecule has 36 heavy (non-hydrogen) atoms. The highest BCUT2D eigenvalue weighted by molar-refractivity contribution is 5.94. The fourth-order valence-electron chi connectivity index (χ4n) is 4.47. The Morgan fingerprint density at radius 3 is 2.75 bits per heavy atom. The molecule has 5 rings (SSSR count). The lowest BCUT2D eigenvalue weighted by Gasteiger charge is -2.30. The van der Waals surface area contributed by atoms with Crippen LogP contribution in [0.4, 0.5) is 10.2 Å². The summed E-state index contributed by atoms with van der Waals surface area (Å²) < 4.78 is 21.2. The molecule has 1 aliphatic heterocycles. The monoisotopic (exact) mass is 486 g/mol. The molecule has 0 aliphatic carbocycles. The third-order valence-electron chi connectivity index (χ3n) is 6.13. The summed E-state index contributed by atoms with van der Waals surface area (Å²) in [5.41, 5.74) is 7.32. The smallest absolute Gasteiger partial charge is 0.298 e. The molecule has 1 amide bonds. The number of H-pyrrole nitrogens is 1. The highest BCUT2D eigenvalue weighted by Crippen LogP contribution is 2.33. The first-order valence-electron chi connectivity index (χ1n) is 11.5. The molecular weight excluding hydrogens is 463 g/mol. The Balaban J connectivity index is 1.53. The number of halogens is 1. The minimum atomic E-state index is -0.465. The van der Waals surface area contributed by atoms with Crippen LogP contribution in [0, 0.1) is 17.7 Å². The van der Waals surface area contributed by atoms with E-state index in [1.54, 1.807) is 59.0 Å². The van der Waals surface area contributed by atoms with E-state index in [4.69, 9.17) is 15.6 Å². The zero-order chi connectivity index (χ0) is 25.2. The molecule has 0 radical (unpaired) electrons. The molecule has 182 valence electrons. The molecule has 3 N–H and O–H groups in total. The summed E-state index contributed by atoms with van der Waals surface area (Å²) >= 11 is 0. The number of amides is 1. The number of nitrogens with two attached hydrogens (primary N) is 1. The number of fused-ring (bicyclic) bond motifs is 1. The number of hydrogen-bond donors (Lipinski definition) is 2. The number of carbonyl (C=O) groups is 1.